The van der Waals surface area contributed by atoms with Gasteiger partial charge in [0.25, 0.3) is 0 Å². The lowest BCUT2D eigenvalue weighted by atomic mass is 9.99. The van der Waals surface area contributed by atoms with Crippen LogP contribution in [0.1, 0.15) is 25.0 Å². The molecule has 0 unspecified atom stereocenters. The van der Waals surface area contributed by atoms with Gasteiger partial charge >= 0.3 is 0 Å². The molecular weight excluding hydrogens is 328 g/mol. The number of rotatable bonds is 4. The van der Waals surface area contributed by atoms with Crippen molar-refractivity contribution in [2.75, 3.05) is 35.3 Å². The molecule has 0 fully saturated rings. The number of aromatic nitrogens is 2. The summed E-state index contributed by atoms with van der Waals surface area (Å²) in [6.07, 6.45) is 0.385. The highest BCUT2D eigenvalue weighted by molar-refractivity contribution is 6.18. The molecule has 0 saturated heterocycles. The first-order chi connectivity index (χ1) is 11.5. The Morgan fingerprint density at radius 3 is 2.50 bits per heavy atom. The first-order valence-electron chi connectivity index (χ1n) is 7.84. The molecule has 2 aromatic rings. The number of nitrogens with zero attached hydrogens (tertiary/aromatic N) is 4. The fourth-order valence-electron chi connectivity index (χ4n) is 3.15. The molecule has 0 aliphatic carbocycles. The summed E-state index contributed by atoms with van der Waals surface area (Å²) in [7, 11) is 0. The van der Waals surface area contributed by atoms with Crippen LogP contribution in [0.3, 0.4) is 0 Å². The van der Waals surface area contributed by atoms with E-state index in [-0.39, 0.29) is 17.7 Å². The van der Waals surface area contributed by atoms with Crippen LogP contribution in [0.2, 0.25) is 0 Å². The maximum absolute atomic E-state index is 9.81. The van der Waals surface area contributed by atoms with Gasteiger partial charge in [0.2, 0.25) is 5.88 Å². The van der Waals surface area contributed by atoms with E-state index in [4.69, 9.17) is 27.8 Å². The summed E-state index contributed by atoms with van der Waals surface area (Å²) in [6, 6.07) is 2.27. The van der Waals surface area contributed by atoms with E-state index in [1.165, 1.54) is 0 Å². The normalized spacial score (nSPS) is 15.8. The molecule has 0 spiro atoms. The standard InChI is InChI=1S/C16H19ClN6O/c1-3-23(4-2)15-10(7-18)11-9-5-8(6-17)24-16(9)22-14(20)12(11)13(19)21-15/h8H,3-6H2,1-2H3,(H2,19,21)(H2,20,22)/t8-/m0/s1. The fourth-order valence-corrected chi connectivity index (χ4v) is 3.32. The summed E-state index contributed by atoms with van der Waals surface area (Å²) in [5.74, 6) is 1.82. The first-order valence-corrected chi connectivity index (χ1v) is 8.38. The van der Waals surface area contributed by atoms with Gasteiger partial charge in [0.05, 0.1) is 11.3 Å². The highest BCUT2D eigenvalue weighted by Gasteiger charge is 2.30. The number of hydrogen-bond donors (Lipinski definition) is 2. The number of anilines is 3. The van der Waals surface area contributed by atoms with E-state index in [0.717, 1.165) is 5.56 Å². The molecule has 1 aliphatic rings. The molecule has 126 valence electrons. The Balaban J connectivity index is 2.40. The summed E-state index contributed by atoms with van der Waals surface area (Å²) in [6.45, 7) is 5.44. The summed E-state index contributed by atoms with van der Waals surface area (Å²) < 4.78 is 5.73. The van der Waals surface area contributed by atoms with E-state index < -0.39 is 0 Å². The number of hydrogen-bond acceptors (Lipinski definition) is 7. The average molecular weight is 347 g/mol. The molecule has 1 aliphatic heterocycles. The van der Waals surface area contributed by atoms with Crippen LogP contribution in [0.15, 0.2) is 0 Å². The second-order valence-electron chi connectivity index (χ2n) is 5.61. The van der Waals surface area contributed by atoms with Crippen LogP contribution < -0.4 is 21.1 Å². The van der Waals surface area contributed by atoms with Gasteiger partial charge in [-0.3, -0.25) is 0 Å². The number of fused-ring (bicyclic) bond motifs is 3. The lowest BCUT2D eigenvalue weighted by molar-refractivity contribution is 0.250. The van der Waals surface area contributed by atoms with Gasteiger partial charge in [-0.05, 0) is 13.8 Å². The van der Waals surface area contributed by atoms with Crippen molar-refractivity contribution in [3.63, 3.8) is 0 Å². The predicted molar refractivity (Wildman–Crippen MR) is 95.5 cm³/mol. The second-order valence-corrected chi connectivity index (χ2v) is 5.92. The number of pyridine rings is 2. The van der Waals surface area contributed by atoms with E-state index in [1.807, 2.05) is 18.7 Å². The number of nitrogen functional groups attached to an aromatic ring is 2. The summed E-state index contributed by atoms with van der Waals surface area (Å²) >= 11 is 5.93. The van der Waals surface area contributed by atoms with Crippen molar-refractivity contribution in [2.45, 2.75) is 26.4 Å². The SMILES string of the molecule is CCN(CC)c1nc(N)c2c(N)nc3c(c2c1C#N)C[C@@H](CCl)O3. The molecule has 1 atom stereocenters. The van der Waals surface area contributed by atoms with E-state index in [0.29, 0.717) is 53.4 Å². The molecule has 2 aromatic heterocycles. The van der Waals surface area contributed by atoms with Gasteiger partial charge < -0.3 is 21.1 Å². The van der Waals surface area contributed by atoms with Crippen LogP contribution >= 0.6 is 11.6 Å². The van der Waals surface area contributed by atoms with Crippen LogP contribution in [0, 0.1) is 11.3 Å². The van der Waals surface area contributed by atoms with Crippen molar-refractivity contribution in [1.29, 1.82) is 5.26 Å². The van der Waals surface area contributed by atoms with Gasteiger partial charge in [-0.2, -0.15) is 10.2 Å². The number of alkyl halides is 1. The van der Waals surface area contributed by atoms with Crippen LogP contribution in [-0.2, 0) is 6.42 Å². The maximum Gasteiger partial charge on any atom is 0.219 e. The van der Waals surface area contributed by atoms with Crippen molar-refractivity contribution < 1.29 is 4.74 Å². The van der Waals surface area contributed by atoms with Gasteiger partial charge in [0, 0.05) is 30.5 Å². The monoisotopic (exact) mass is 346 g/mol. The second kappa shape index (κ2) is 6.21. The Labute approximate surface area is 145 Å². The minimum atomic E-state index is -0.183. The van der Waals surface area contributed by atoms with E-state index in [2.05, 4.69) is 16.0 Å². The van der Waals surface area contributed by atoms with Crippen molar-refractivity contribution in [3.05, 3.63) is 11.1 Å². The highest BCUT2D eigenvalue weighted by atomic mass is 35.5. The Morgan fingerprint density at radius 2 is 1.92 bits per heavy atom. The molecule has 24 heavy (non-hydrogen) atoms. The minimum absolute atomic E-state index is 0.183. The molecule has 0 aromatic carbocycles. The Bertz CT molecular complexity index is 843. The zero-order valence-corrected chi connectivity index (χ0v) is 14.4. The van der Waals surface area contributed by atoms with Crippen LogP contribution in [-0.4, -0.2) is 35.0 Å². The Hall–Kier alpha value is -2.46. The van der Waals surface area contributed by atoms with Crippen LogP contribution in [0.25, 0.3) is 10.8 Å². The highest BCUT2D eigenvalue weighted by Crippen LogP contribution is 2.41. The average Bonchev–Trinajstić information content (AvgIpc) is 2.98. The van der Waals surface area contributed by atoms with Gasteiger partial charge in [-0.1, -0.05) is 0 Å². The largest absolute Gasteiger partial charge is 0.472 e. The topological polar surface area (TPSA) is 114 Å². The third-order valence-corrected chi connectivity index (χ3v) is 4.65. The molecule has 0 radical (unpaired) electrons. The number of halogens is 1. The Kier molecular flexibility index (Phi) is 4.24. The summed E-state index contributed by atoms with van der Waals surface area (Å²) in [4.78, 5) is 10.7. The predicted octanol–water partition coefficient (Wildman–Crippen LogP) is 2.05. The third-order valence-electron chi connectivity index (χ3n) is 4.30. The number of nitriles is 1. The summed E-state index contributed by atoms with van der Waals surface area (Å²) in [5.41, 5.74) is 13.5. The fraction of sp³-hybridized carbons (Fsp3) is 0.438. The smallest absolute Gasteiger partial charge is 0.219 e. The Morgan fingerprint density at radius 1 is 1.25 bits per heavy atom. The van der Waals surface area contributed by atoms with E-state index in [9.17, 15) is 5.26 Å². The zero-order valence-electron chi connectivity index (χ0n) is 13.6. The lowest BCUT2D eigenvalue weighted by Gasteiger charge is -2.23. The molecule has 7 nitrogen and oxygen atoms in total. The zero-order chi connectivity index (χ0) is 17.4. The minimum Gasteiger partial charge on any atom is -0.472 e. The molecular formula is C16H19ClN6O. The van der Waals surface area contributed by atoms with Gasteiger partial charge in [0.15, 0.2) is 0 Å². The van der Waals surface area contributed by atoms with Crippen LogP contribution in [0.4, 0.5) is 17.5 Å². The maximum atomic E-state index is 9.81. The van der Waals surface area contributed by atoms with Crippen molar-refractivity contribution in [2.24, 2.45) is 0 Å². The van der Waals surface area contributed by atoms with Crippen molar-refractivity contribution in [1.82, 2.24) is 9.97 Å². The molecule has 3 heterocycles. The summed E-state index contributed by atoms with van der Waals surface area (Å²) in [5, 5.41) is 11.0. The molecule has 4 N–H and O–H groups in total. The van der Waals surface area contributed by atoms with Crippen molar-refractivity contribution >= 4 is 39.8 Å². The van der Waals surface area contributed by atoms with E-state index in [1.54, 1.807) is 0 Å². The molecule has 0 saturated carbocycles. The van der Waals surface area contributed by atoms with E-state index >= 15 is 0 Å². The van der Waals surface area contributed by atoms with Gasteiger partial charge in [-0.15, -0.1) is 11.6 Å². The lowest BCUT2D eigenvalue weighted by Crippen LogP contribution is -2.24. The van der Waals surface area contributed by atoms with Gasteiger partial charge in [-0.25, -0.2) is 4.98 Å². The number of nitrogens with two attached hydrogens (primary N) is 2. The molecule has 0 amide bonds. The van der Waals surface area contributed by atoms with Crippen molar-refractivity contribution in [3.8, 4) is 11.9 Å². The third kappa shape index (κ3) is 2.34. The molecule has 8 heteroatoms. The number of ether oxygens (including phenoxy) is 1. The molecule has 3 rings (SSSR count). The first kappa shape index (κ1) is 16.4. The quantitative estimate of drug-likeness (QED) is 0.814. The van der Waals surface area contributed by atoms with Gasteiger partial charge in [0.1, 0.15) is 35.2 Å². The molecule has 0 bridgehead atoms. The van der Waals surface area contributed by atoms with Crippen LogP contribution in [0.5, 0.6) is 5.88 Å².